The molecule has 252 valence electrons. The van der Waals surface area contributed by atoms with E-state index in [-0.39, 0.29) is 29.6 Å². The molecule has 0 heterocycles. The molecule has 1 aromatic rings. The van der Waals surface area contributed by atoms with E-state index >= 15 is 0 Å². The van der Waals surface area contributed by atoms with E-state index in [1.807, 2.05) is 0 Å². The van der Waals surface area contributed by atoms with Crippen LogP contribution in [-0.4, -0.2) is 70.6 Å². The Balaban J connectivity index is 0. The Hall–Kier alpha value is -1.92. The van der Waals surface area contributed by atoms with E-state index in [0.29, 0.717) is 5.56 Å². The van der Waals surface area contributed by atoms with Gasteiger partial charge in [0.05, 0.1) is 12.0 Å². The van der Waals surface area contributed by atoms with E-state index in [1.165, 1.54) is 0 Å². The first-order valence-corrected chi connectivity index (χ1v) is 9.44. The fraction of sp³-hybridized carbons (Fsp3) is 0.556. The fourth-order valence-corrected chi connectivity index (χ4v) is 2.26. The third kappa shape index (κ3) is 6.49. The zero-order valence-electron chi connectivity index (χ0n) is 19.9. The Labute approximate surface area is 248 Å². The Morgan fingerprint density at radius 3 is 0.932 bits per heavy atom. The van der Waals surface area contributed by atoms with Crippen LogP contribution in [0.25, 0.3) is 0 Å². The van der Waals surface area contributed by atoms with Crippen molar-refractivity contribution in [2.45, 2.75) is 59.5 Å². The summed E-state index contributed by atoms with van der Waals surface area (Å²) in [5.74, 6) is -81.1. The first-order chi connectivity index (χ1) is 18.5. The van der Waals surface area contributed by atoms with Crippen molar-refractivity contribution in [1.29, 1.82) is 0 Å². The summed E-state index contributed by atoms with van der Waals surface area (Å²) in [6, 6.07) is 8.30. The normalized spacial score (nSPS) is 14.9. The van der Waals surface area contributed by atoms with Gasteiger partial charge in [0, 0.05) is 0 Å². The molecule has 0 atom stereocenters. The van der Waals surface area contributed by atoms with Crippen molar-refractivity contribution in [2.75, 3.05) is 0 Å². The smallest absolute Gasteiger partial charge is 0.478 e. The minimum absolute atomic E-state index is 0. The van der Waals surface area contributed by atoms with Crippen LogP contribution in [0.1, 0.15) is 10.4 Å². The van der Waals surface area contributed by atoms with Gasteiger partial charge in [-0.25, -0.2) is 13.6 Å². The van der Waals surface area contributed by atoms with E-state index in [1.54, 1.807) is 30.3 Å². The SMILES string of the molecule is F[C-](F)C(F)(F)C(F)(F)C(F)(F)C(F)(F)C(F)(F)C(F)(F)C(F)(F)C(F)(F)C(F)(F)C(F)(F)F.O=C(O)c1ccccc1.[Na+]. The second kappa shape index (κ2) is 12.7. The number of carboxylic acid groups (broad SMARTS) is 1. The maximum atomic E-state index is 13.2. The molecule has 1 N–H and O–H groups in total. The number of benzene rings is 1. The average Bonchev–Trinajstić information content (AvgIpc) is 2.83. The number of aromatic carboxylic acids is 1. The van der Waals surface area contributed by atoms with E-state index in [2.05, 4.69) is 0 Å². The van der Waals surface area contributed by atoms with Gasteiger partial charge in [-0.05, 0) is 12.1 Å². The fourth-order valence-electron chi connectivity index (χ4n) is 2.26. The van der Waals surface area contributed by atoms with Gasteiger partial charge in [-0.2, -0.15) is 83.4 Å². The second-order valence-electron chi connectivity index (χ2n) is 7.60. The predicted octanol–water partition coefficient (Wildman–Crippen LogP) is 6.08. The molecule has 0 unspecified atom stereocenters. The van der Waals surface area contributed by atoms with Crippen LogP contribution in [0.4, 0.5) is 101 Å². The maximum absolute atomic E-state index is 13.2. The first-order valence-electron chi connectivity index (χ1n) is 9.44. The van der Waals surface area contributed by atoms with Crippen LogP contribution in [-0.2, 0) is 0 Å². The van der Waals surface area contributed by atoms with Crippen LogP contribution < -0.4 is 29.6 Å². The Morgan fingerprint density at radius 2 is 0.727 bits per heavy atom. The van der Waals surface area contributed by atoms with Crippen LogP contribution in [0, 0.1) is 6.43 Å². The van der Waals surface area contributed by atoms with Crippen LogP contribution in [0.15, 0.2) is 30.3 Å². The zero-order valence-corrected chi connectivity index (χ0v) is 21.9. The van der Waals surface area contributed by atoms with Crippen LogP contribution in [0.5, 0.6) is 0 Å². The molecule has 0 radical (unpaired) electrons. The Bertz CT molecular complexity index is 1110. The largest absolute Gasteiger partial charge is 1.00 e. The third-order valence-electron chi connectivity index (χ3n) is 4.77. The summed E-state index contributed by atoms with van der Waals surface area (Å²) in [6.45, 7) is 0. The van der Waals surface area contributed by atoms with E-state index in [0.717, 1.165) is 0 Å². The molecule has 0 saturated carbocycles. The average molecular weight is 714 g/mol. The van der Waals surface area contributed by atoms with Gasteiger partial charge in [-0.15, -0.1) is 0 Å². The molecule has 0 aliphatic carbocycles. The van der Waals surface area contributed by atoms with Crippen molar-refractivity contribution in [3.8, 4) is 0 Å². The molecule has 0 aliphatic rings. The zero-order chi connectivity index (χ0) is 35.3. The first kappa shape index (κ1) is 44.2. The number of alkyl halides is 21. The molecular weight excluding hydrogens is 708 g/mol. The van der Waals surface area contributed by atoms with Crippen LogP contribution in [0.3, 0.4) is 0 Å². The number of hydrogen-bond donors (Lipinski definition) is 1. The molecular formula is C18H6F23NaO2. The van der Waals surface area contributed by atoms with Crippen molar-refractivity contribution < 1.29 is 140 Å². The van der Waals surface area contributed by atoms with Crippen molar-refractivity contribution in [3.63, 3.8) is 0 Å². The summed E-state index contributed by atoms with van der Waals surface area (Å²) in [4.78, 5) is 10.2. The monoisotopic (exact) mass is 714 g/mol. The number of rotatable bonds is 10. The van der Waals surface area contributed by atoms with Gasteiger partial charge in [0.15, 0.2) is 0 Å². The molecule has 0 fully saturated rings. The molecule has 0 aliphatic heterocycles. The summed E-state index contributed by atoms with van der Waals surface area (Å²) >= 11 is 0. The van der Waals surface area contributed by atoms with Gasteiger partial charge in [0.1, 0.15) is 0 Å². The molecule has 0 amide bonds. The van der Waals surface area contributed by atoms with Crippen LogP contribution >= 0.6 is 0 Å². The molecule has 0 bridgehead atoms. The Morgan fingerprint density at radius 1 is 0.477 bits per heavy atom. The molecule has 26 heteroatoms. The minimum atomic E-state index is -9.34. The van der Waals surface area contributed by atoms with E-state index in [9.17, 15) is 106 Å². The van der Waals surface area contributed by atoms with E-state index < -0.39 is 71.9 Å². The van der Waals surface area contributed by atoms with Gasteiger partial charge in [-0.1, -0.05) is 18.2 Å². The summed E-state index contributed by atoms with van der Waals surface area (Å²) in [6.07, 6.45) is -13.4. The van der Waals surface area contributed by atoms with Gasteiger partial charge >= 0.3 is 89.1 Å². The Kier molecular flexibility index (Phi) is 12.8. The molecule has 0 spiro atoms. The van der Waals surface area contributed by atoms with Gasteiger partial charge in [0.25, 0.3) is 5.92 Å². The number of carboxylic acids is 1. The van der Waals surface area contributed by atoms with E-state index in [4.69, 9.17) is 5.11 Å². The van der Waals surface area contributed by atoms with Gasteiger partial charge in [-0.3, -0.25) is 0 Å². The molecule has 1 aromatic carbocycles. The van der Waals surface area contributed by atoms with Gasteiger partial charge in [0.2, 0.25) is 0 Å². The second-order valence-corrected chi connectivity index (χ2v) is 7.60. The summed E-state index contributed by atoms with van der Waals surface area (Å²) in [5.41, 5.74) is 0.331. The summed E-state index contributed by atoms with van der Waals surface area (Å²) in [5, 5.41) is 8.38. The third-order valence-corrected chi connectivity index (χ3v) is 4.77. The van der Waals surface area contributed by atoms with Crippen LogP contribution in [0.2, 0.25) is 0 Å². The van der Waals surface area contributed by atoms with Crippen molar-refractivity contribution in [1.82, 2.24) is 0 Å². The number of carbonyl (C=O) groups is 1. The predicted molar refractivity (Wildman–Crippen MR) is 89.4 cm³/mol. The quantitative estimate of drug-likeness (QED) is 0.181. The maximum Gasteiger partial charge on any atom is 1.00 e. The van der Waals surface area contributed by atoms with Gasteiger partial charge < -0.3 is 13.9 Å². The number of halogens is 23. The molecule has 2 nitrogen and oxygen atoms in total. The molecule has 0 aromatic heterocycles. The standard InChI is InChI=1S/C11F23.C7H6O2.Na/c12-1(13)2(14,15)3(16,17)4(18,19)5(20,21)6(22,23)7(24,25)8(26,27)9(28,29)10(30,31)11(32,33)34;8-7(9)6-4-2-1-3-5-6;/h;1-5H,(H,8,9);/q-1;;+1. The number of hydrogen-bond acceptors (Lipinski definition) is 1. The molecule has 1 rings (SSSR count). The minimum Gasteiger partial charge on any atom is -0.478 e. The van der Waals surface area contributed by atoms with Crippen molar-refractivity contribution in [2.24, 2.45) is 0 Å². The topological polar surface area (TPSA) is 37.3 Å². The molecule has 0 saturated heterocycles. The summed E-state index contributed by atoms with van der Waals surface area (Å²) < 4.78 is 292. The summed E-state index contributed by atoms with van der Waals surface area (Å²) in [7, 11) is 0. The van der Waals surface area contributed by atoms with Crippen molar-refractivity contribution in [3.05, 3.63) is 42.3 Å². The van der Waals surface area contributed by atoms with Crippen molar-refractivity contribution >= 4 is 5.97 Å². The molecule has 44 heavy (non-hydrogen) atoms.